The zero-order valence-corrected chi connectivity index (χ0v) is 11.6. The molecule has 6 nitrogen and oxygen atoms in total. The number of hydrogen-bond acceptors (Lipinski definition) is 6. The van der Waals surface area contributed by atoms with Crippen molar-refractivity contribution in [1.29, 1.82) is 0 Å². The van der Waals surface area contributed by atoms with E-state index in [1.165, 1.54) is 12.1 Å². The fourth-order valence-corrected chi connectivity index (χ4v) is 2.08. The number of nitrogens with one attached hydrogen (secondary N) is 2. The Morgan fingerprint density at radius 1 is 1.50 bits per heavy atom. The van der Waals surface area contributed by atoms with Crippen LogP contribution >= 0.6 is 11.8 Å². The normalized spacial score (nSPS) is 11.9. The molecule has 1 atom stereocenters. The molecule has 1 heterocycles. The third-order valence-electron chi connectivity index (χ3n) is 2.24. The van der Waals surface area contributed by atoms with Crippen molar-refractivity contribution in [2.45, 2.75) is 19.9 Å². The van der Waals surface area contributed by atoms with Crippen LogP contribution in [0.3, 0.4) is 0 Å². The van der Waals surface area contributed by atoms with Crippen LogP contribution in [0.15, 0.2) is 12.1 Å². The molecule has 0 saturated heterocycles. The standard InChI is InChI=1S/C11H18N4O2S/c1-4-18-7-8(2)13-11-6-9(15(16)17)5-10(12-3)14-11/h5-6,8H,4,7H2,1-3H3,(H2,12,13,14). The molecule has 18 heavy (non-hydrogen) atoms. The highest BCUT2D eigenvalue weighted by molar-refractivity contribution is 7.99. The highest BCUT2D eigenvalue weighted by Gasteiger charge is 2.12. The molecule has 100 valence electrons. The Kier molecular flexibility index (Phi) is 5.70. The van der Waals surface area contributed by atoms with E-state index >= 15 is 0 Å². The third kappa shape index (κ3) is 4.40. The number of rotatable bonds is 7. The van der Waals surface area contributed by atoms with Gasteiger partial charge in [0.1, 0.15) is 11.6 Å². The molecule has 7 heteroatoms. The lowest BCUT2D eigenvalue weighted by atomic mass is 10.3. The Hall–Kier alpha value is -1.50. The van der Waals surface area contributed by atoms with E-state index in [1.807, 2.05) is 18.7 Å². The molecule has 1 aromatic heterocycles. The maximum absolute atomic E-state index is 10.8. The molecule has 0 aliphatic rings. The molecule has 0 spiro atoms. The van der Waals surface area contributed by atoms with Gasteiger partial charge in [-0.15, -0.1) is 0 Å². The minimum atomic E-state index is -0.418. The maximum atomic E-state index is 10.8. The second-order valence-electron chi connectivity index (χ2n) is 3.81. The van der Waals surface area contributed by atoms with E-state index in [1.54, 1.807) is 7.05 Å². The molecular formula is C11H18N4O2S. The Labute approximate surface area is 111 Å². The van der Waals surface area contributed by atoms with Crippen molar-refractivity contribution in [1.82, 2.24) is 4.98 Å². The minimum absolute atomic E-state index is 0.0344. The van der Waals surface area contributed by atoms with Gasteiger partial charge in [-0.2, -0.15) is 11.8 Å². The van der Waals surface area contributed by atoms with Gasteiger partial charge in [-0.3, -0.25) is 10.1 Å². The van der Waals surface area contributed by atoms with E-state index < -0.39 is 4.92 Å². The van der Waals surface area contributed by atoms with Gasteiger partial charge in [0.05, 0.1) is 17.1 Å². The summed E-state index contributed by atoms with van der Waals surface area (Å²) in [6.45, 7) is 4.13. The van der Waals surface area contributed by atoms with Crippen molar-refractivity contribution in [3.05, 3.63) is 22.2 Å². The Balaban J connectivity index is 2.81. The molecule has 0 fully saturated rings. The van der Waals surface area contributed by atoms with Crippen molar-refractivity contribution >= 4 is 29.1 Å². The second kappa shape index (κ2) is 7.05. The first kappa shape index (κ1) is 14.6. The van der Waals surface area contributed by atoms with E-state index in [9.17, 15) is 10.1 Å². The van der Waals surface area contributed by atoms with E-state index in [-0.39, 0.29) is 11.7 Å². The van der Waals surface area contributed by atoms with Crippen molar-refractivity contribution in [3.63, 3.8) is 0 Å². The second-order valence-corrected chi connectivity index (χ2v) is 5.13. The SMILES string of the molecule is CCSCC(C)Nc1cc([N+](=O)[O-])cc(NC)n1. The lowest BCUT2D eigenvalue weighted by molar-refractivity contribution is -0.384. The van der Waals surface area contributed by atoms with Crippen molar-refractivity contribution in [2.24, 2.45) is 0 Å². The number of aromatic nitrogens is 1. The van der Waals surface area contributed by atoms with Crippen LogP contribution in [0.5, 0.6) is 0 Å². The van der Waals surface area contributed by atoms with Crippen LogP contribution in [0.4, 0.5) is 17.3 Å². The predicted molar refractivity (Wildman–Crippen MR) is 76.5 cm³/mol. The molecule has 0 aliphatic carbocycles. The zero-order valence-electron chi connectivity index (χ0n) is 10.8. The Morgan fingerprint density at radius 2 is 2.17 bits per heavy atom. The highest BCUT2D eigenvalue weighted by Crippen LogP contribution is 2.21. The first-order valence-electron chi connectivity index (χ1n) is 5.75. The quantitative estimate of drug-likeness (QED) is 0.585. The molecule has 0 bridgehead atoms. The number of nitro groups is 1. The first-order chi connectivity index (χ1) is 8.56. The van der Waals surface area contributed by atoms with Crippen molar-refractivity contribution < 1.29 is 4.92 Å². The zero-order chi connectivity index (χ0) is 13.5. The van der Waals surface area contributed by atoms with Gasteiger partial charge < -0.3 is 10.6 Å². The summed E-state index contributed by atoms with van der Waals surface area (Å²) in [6.07, 6.45) is 0. The summed E-state index contributed by atoms with van der Waals surface area (Å²) in [5.74, 6) is 3.01. The average Bonchev–Trinajstić information content (AvgIpc) is 2.35. The van der Waals surface area contributed by atoms with Crippen LogP contribution < -0.4 is 10.6 Å². The monoisotopic (exact) mass is 270 g/mol. The first-order valence-corrected chi connectivity index (χ1v) is 6.90. The Bertz CT molecular complexity index is 414. The van der Waals surface area contributed by atoms with E-state index in [2.05, 4.69) is 22.5 Å². The predicted octanol–water partition coefficient (Wildman–Crippen LogP) is 2.58. The maximum Gasteiger partial charge on any atom is 0.276 e. The van der Waals surface area contributed by atoms with Gasteiger partial charge in [0, 0.05) is 18.8 Å². The van der Waals surface area contributed by atoms with Crippen LogP contribution in [0, 0.1) is 10.1 Å². The lowest BCUT2D eigenvalue weighted by Crippen LogP contribution is -2.19. The molecular weight excluding hydrogens is 252 g/mol. The van der Waals surface area contributed by atoms with Crippen LogP contribution in [-0.2, 0) is 0 Å². The molecule has 0 saturated carbocycles. The topological polar surface area (TPSA) is 80.1 Å². The molecule has 1 unspecified atom stereocenters. The largest absolute Gasteiger partial charge is 0.373 e. The summed E-state index contributed by atoms with van der Waals surface area (Å²) in [5, 5.41) is 16.8. The van der Waals surface area contributed by atoms with Gasteiger partial charge >= 0.3 is 0 Å². The minimum Gasteiger partial charge on any atom is -0.373 e. The fraction of sp³-hybridized carbons (Fsp3) is 0.545. The van der Waals surface area contributed by atoms with E-state index in [0.717, 1.165) is 11.5 Å². The number of nitrogens with zero attached hydrogens (tertiary/aromatic N) is 2. The summed E-state index contributed by atoms with van der Waals surface area (Å²) < 4.78 is 0. The molecule has 1 rings (SSSR count). The van der Waals surface area contributed by atoms with E-state index in [0.29, 0.717) is 11.6 Å². The smallest absolute Gasteiger partial charge is 0.276 e. The molecule has 1 aromatic rings. The summed E-state index contributed by atoms with van der Waals surface area (Å²) in [6, 6.07) is 3.08. The van der Waals surface area contributed by atoms with Crippen LogP contribution in [0.2, 0.25) is 0 Å². The fourth-order valence-electron chi connectivity index (χ4n) is 1.41. The van der Waals surface area contributed by atoms with Gasteiger partial charge in [0.15, 0.2) is 0 Å². The molecule has 0 amide bonds. The summed E-state index contributed by atoms with van der Waals surface area (Å²) in [7, 11) is 1.69. The van der Waals surface area contributed by atoms with Crippen LogP contribution in [-0.4, -0.2) is 34.5 Å². The molecule has 2 N–H and O–H groups in total. The van der Waals surface area contributed by atoms with Gasteiger partial charge in [-0.1, -0.05) is 6.92 Å². The van der Waals surface area contributed by atoms with Crippen molar-refractivity contribution in [2.75, 3.05) is 29.2 Å². The van der Waals surface area contributed by atoms with E-state index in [4.69, 9.17) is 0 Å². The summed E-state index contributed by atoms with van der Waals surface area (Å²) in [5.41, 5.74) is 0.0344. The third-order valence-corrected chi connectivity index (χ3v) is 3.39. The highest BCUT2D eigenvalue weighted by atomic mass is 32.2. The lowest BCUT2D eigenvalue weighted by Gasteiger charge is -2.14. The van der Waals surface area contributed by atoms with Gasteiger partial charge in [0.25, 0.3) is 5.69 Å². The number of anilines is 2. The van der Waals surface area contributed by atoms with Crippen molar-refractivity contribution in [3.8, 4) is 0 Å². The summed E-state index contributed by atoms with van der Waals surface area (Å²) in [4.78, 5) is 14.6. The number of thioether (sulfide) groups is 1. The van der Waals surface area contributed by atoms with Gasteiger partial charge in [-0.25, -0.2) is 4.98 Å². The Morgan fingerprint density at radius 3 is 2.72 bits per heavy atom. The summed E-state index contributed by atoms with van der Waals surface area (Å²) >= 11 is 1.82. The molecule has 0 radical (unpaired) electrons. The van der Waals surface area contributed by atoms with Crippen LogP contribution in [0.1, 0.15) is 13.8 Å². The van der Waals surface area contributed by atoms with Gasteiger partial charge in [0.2, 0.25) is 0 Å². The number of hydrogen-bond donors (Lipinski definition) is 2. The van der Waals surface area contributed by atoms with Crippen LogP contribution in [0.25, 0.3) is 0 Å². The average molecular weight is 270 g/mol. The molecule has 0 aliphatic heterocycles. The molecule has 0 aromatic carbocycles. The van der Waals surface area contributed by atoms with Gasteiger partial charge in [-0.05, 0) is 12.7 Å². The number of pyridine rings is 1.